The summed E-state index contributed by atoms with van der Waals surface area (Å²) in [6, 6.07) is 9.78. The molecule has 0 unspecified atom stereocenters. The maximum absolute atomic E-state index is 12.7. The van der Waals surface area contributed by atoms with Crippen LogP contribution in [0.2, 0.25) is 5.02 Å². The molecule has 10 heteroatoms. The second kappa shape index (κ2) is 11.6. The molecule has 2 atom stereocenters. The first-order valence-electron chi connectivity index (χ1n) is 11.5. The number of carbonyl (C=O) groups is 1. The standard InChI is InChI=1S/C24H29ClN6OS2/c1-15-7-4-5-10-20(15)28-22(32)14-34-24-30-29-21(31(24)19-9-6-8-18(25)12-19)13-33-23-26-16(2)11-17(3)27-23/h6,8-9,11-12,15,20H,4-5,7,10,13-14H2,1-3H3,(H,28,32)/t15-,20+/m1/s1. The number of carbonyl (C=O) groups excluding carboxylic acids is 1. The lowest BCUT2D eigenvalue weighted by atomic mass is 9.86. The van der Waals surface area contributed by atoms with Crippen LogP contribution in [-0.4, -0.2) is 42.4 Å². The molecular formula is C24H29ClN6OS2. The van der Waals surface area contributed by atoms with Crippen molar-refractivity contribution in [3.05, 3.63) is 52.6 Å². The van der Waals surface area contributed by atoms with Crippen LogP contribution in [0.25, 0.3) is 5.69 Å². The Bertz CT molecular complexity index is 1130. The maximum Gasteiger partial charge on any atom is 0.230 e. The summed E-state index contributed by atoms with van der Waals surface area (Å²) in [5, 5.41) is 14.0. The lowest BCUT2D eigenvalue weighted by molar-refractivity contribution is -0.119. The highest BCUT2D eigenvalue weighted by Gasteiger charge is 2.23. The van der Waals surface area contributed by atoms with E-state index in [4.69, 9.17) is 11.6 Å². The van der Waals surface area contributed by atoms with Crippen LogP contribution < -0.4 is 5.32 Å². The normalized spacial score (nSPS) is 18.1. The minimum absolute atomic E-state index is 0.0314. The summed E-state index contributed by atoms with van der Waals surface area (Å²) >= 11 is 9.17. The van der Waals surface area contributed by atoms with Crippen molar-refractivity contribution in [2.24, 2.45) is 5.92 Å². The highest BCUT2D eigenvalue weighted by atomic mass is 35.5. The van der Waals surface area contributed by atoms with Gasteiger partial charge in [0.15, 0.2) is 10.3 Å². The number of benzene rings is 1. The zero-order valence-electron chi connectivity index (χ0n) is 19.6. The molecule has 4 rings (SSSR count). The Kier molecular flexibility index (Phi) is 8.50. The molecule has 34 heavy (non-hydrogen) atoms. The van der Waals surface area contributed by atoms with Crippen molar-refractivity contribution in [3.8, 4) is 5.69 Å². The fourth-order valence-corrected chi connectivity index (χ4v) is 5.99. The Balaban J connectivity index is 1.50. The van der Waals surface area contributed by atoms with E-state index in [0.29, 0.717) is 27.0 Å². The quantitative estimate of drug-likeness (QED) is 0.316. The van der Waals surface area contributed by atoms with Crippen molar-refractivity contribution in [3.63, 3.8) is 0 Å². The number of hydrogen-bond acceptors (Lipinski definition) is 7. The first-order chi connectivity index (χ1) is 16.4. The molecule has 0 bridgehead atoms. The third-order valence-electron chi connectivity index (χ3n) is 5.85. The van der Waals surface area contributed by atoms with E-state index in [1.807, 2.05) is 48.7 Å². The number of halogens is 1. The number of thioether (sulfide) groups is 2. The highest BCUT2D eigenvalue weighted by Crippen LogP contribution is 2.28. The molecule has 1 aliphatic rings. The number of amides is 1. The number of hydrogen-bond donors (Lipinski definition) is 1. The van der Waals surface area contributed by atoms with Gasteiger partial charge in [0.05, 0.1) is 17.2 Å². The Hall–Kier alpha value is -2.10. The van der Waals surface area contributed by atoms with Crippen LogP contribution in [-0.2, 0) is 10.5 Å². The van der Waals surface area contributed by atoms with Crippen LogP contribution in [0.4, 0.5) is 0 Å². The van der Waals surface area contributed by atoms with Gasteiger partial charge in [-0.15, -0.1) is 10.2 Å². The van der Waals surface area contributed by atoms with Crippen LogP contribution in [0, 0.1) is 19.8 Å². The van der Waals surface area contributed by atoms with Gasteiger partial charge in [-0.1, -0.05) is 61.0 Å². The number of rotatable bonds is 8. The lowest BCUT2D eigenvalue weighted by Gasteiger charge is -2.29. The van der Waals surface area contributed by atoms with Crippen molar-refractivity contribution in [1.82, 2.24) is 30.0 Å². The molecule has 1 aromatic carbocycles. The lowest BCUT2D eigenvalue weighted by Crippen LogP contribution is -2.41. The molecule has 1 saturated carbocycles. The maximum atomic E-state index is 12.7. The largest absolute Gasteiger partial charge is 0.352 e. The zero-order valence-corrected chi connectivity index (χ0v) is 22.0. The molecule has 7 nitrogen and oxygen atoms in total. The fraction of sp³-hybridized carbons (Fsp3) is 0.458. The van der Waals surface area contributed by atoms with E-state index in [1.165, 1.54) is 42.8 Å². The SMILES string of the molecule is Cc1cc(C)nc(SCc2nnc(SCC(=O)N[C@H]3CCCC[C@H]3C)n2-c2cccc(Cl)c2)n1. The van der Waals surface area contributed by atoms with E-state index in [-0.39, 0.29) is 17.7 Å². The minimum Gasteiger partial charge on any atom is -0.352 e. The zero-order chi connectivity index (χ0) is 24.1. The Labute approximate surface area is 213 Å². The van der Waals surface area contributed by atoms with Gasteiger partial charge in [-0.3, -0.25) is 9.36 Å². The summed E-state index contributed by atoms with van der Waals surface area (Å²) in [6.45, 7) is 6.14. The van der Waals surface area contributed by atoms with Crippen molar-refractivity contribution >= 4 is 41.0 Å². The van der Waals surface area contributed by atoms with E-state index in [9.17, 15) is 4.79 Å². The number of aromatic nitrogens is 5. The fourth-order valence-electron chi connectivity index (χ4n) is 4.16. The molecule has 3 aromatic rings. The predicted molar refractivity (Wildman–Crippen MR) is 138 cm³/mol. The molecule has 0 saturated heterocycles. The second-order valence-corrected chi connectivity index (χ2v) is 11.0. The highest BCUT2D eigenvalue weighted by molar-refractivity contribution is 7.99. The monoisotopic (exact) mass is 516 g/mol. The molecule has 1 amide bonds. The summed E-state index contributed by atoms with van der Waals surface area (Å²) in [5.74, 6) is 2.13. The van der Waals surface area contributed by atoms with Crippen molar-refractivity contribution < 1.29 is 4.79 Å². The van der Waals surface area contributed by atoms with Gasteiger partial charge in [-0.05, 0) is 56.9 Å². The van der Waals surface area contributed by atoms with E-state index < -0.39 is 0 Å². The summed E-state index contributed by atoms with van der Waals surface area (Å²) in [6.07, 6.45) is 4.65. The van der Waals surface area contributed by atoms with Gasteiger partial charge in [0, 0.05) is 22.5 Å². The summed E-state index contributed by atoms with van der Waals surface area (Å²) < 4.78 is 1.96. The molecule has 0 aliphatic heterocycles. The van der Waals surface area contributed by atoms with Crippen molar-refractivity contribution in [2.75, 3.05) is 5.75 Å². The van der Waals surface area contributed by atoms with E-state index in [2.05, 4.69) is 32.4 Å². The van der Waals surface area contributed by atoms with Crippen molar-refractivity contribution in [1.29, 1.82) is 0 Å². The second-order valence-electron chi connectivity index (χ2n) is 8.66. The smallest absolute Gasteiger partial charge is 0.230 e. The van der Waals surface area contributed by atoms with Gasteiger partial charge >= 0.3 is 0 Å². The molecular weight excluding hydrogens is 488 g/mol. The third-order valence-corrected chi connectivity index (χ3v) is 7.86. The minimum atomic E-state index is 0.0314. The van der Waals surface area contributed by atoms with E-state index in [1.54, 1.807) is 0 Å². The number of nitrogens with one attached hydrogen (secondary N) is 1. The van der Waals surface area contributed by atoms with Gasteiger partial charge in [0.2, 0.25) is 5.91 Å². The molecule has 0 radical (unpaired) electrons. The summed E-state index contributed by atoms with van der Waals surface area (Å²) in [7, 11) is 0. The van der Waals surface area contributed by atoms with Crippen molar-refractivity contribution in [2.45, 2.75) is 68.6 Å². The third kappa shape index (κ3) is 6.52. The van der Waals surface area contributed by atoms with Crippen LogP contribution in [0.15, 0.2) is 40.6 Å². The van der Waals surface area contributed by atoms with Gasteiger partial charge in [0.25, 0.3) is 0 Å². The van der Waals surface area contributed by atoms with Gasteiger partial charge in [-0.25, -0.2) is 9.97 Å². The molecule has 2 aromatic heterocycles. The molecule has 180 valence electrons. The average molecular weight is 517 g/mol. The Morgan fingerprint density at radius 1 is 1.12 bits per heavy atom. The topological polar surface area (TPSA) is 85.6 Å². The molecule has 1 fully saturated rings. The number of aryl methyl sites for hydroxylation is 2. The van der Waals surface area contributed by atoms with Gasteiger partial charge in [-0.2, -0.15) is 0 Å². The number of nitrogens with zero attached hydrogens (tertiary/aromatic N) is 5. The predicted octanol–water partition coefficient (Wildman–Crippen LogP) is 5.41. The summed E-state index contributed by atoms with van der Waals surface area (Å²) in [4.78, 5) is 21.7. The van der Waals surface area contributed by atoms with Crippen LogP contribution in [0.3, 0.4) is 0 Å². The average Bonchev–Trinajstić information content (AvgIpc) is 3.20. The first-order valence-corrected chi connectivity index (χ1v) is 13.8. The van der Waals surface area contributed by atoms with Gasteiger partial charge in [0.1, 0.15) is 5.82 Å². The molecule has 2 heterocycles. The van der Waals surface area contributed by atoms with E-state index >= 15 is 0 Å². The van der Waals surface area contributed by atoms with Crippen LogP contribution in [0.1, 0.15) is 49.8 Å². The van der Waals surface area contributed by atoms with Gasteiger partial charge < -0.3 is 5.32 Å². The van der Waals surface area contributed by atoms with Crippen LogP contribution in [0.5, 0.6) is 0 Å². The van der Waals surface area contributed by atoms with Crippen LogP contribution >= 0.6 is 35.1 Å². The Morgan fingerprint density at radius 3 is 2.62 bits per heavy atom. The Morgan fingerprint density at radius 2 is 1.88 bits per heavy atom. The summed E-state index contributed by atoms with van der Waals surface area (Å²) in [5.41, 5.74) is 2.72. The molecule has 1 N–H and O–H groups in total. The molecule has 1 aliphatic carbocycles. The first kappa shape index (κ1) is 25.0. The van der Waals surface area contributed by atoms with E-state index in [0.717, 1.165) is 29.3 Å². The molecule has 0 spiro atoms.